The number of carboxylic acids is 1. The maximum Gasteiger partial charge on any atom is 0.308 e. The molecule has 2 unspecified atom stereocenters. The van der Waals surface area contributed by atoms with Gasteiger partial charge in [-0.1, -0.05) is 48.5 Å². The van der Waals surface area contributed by atoms with E-state index in [-0.39, 0.29) is 11.2 Å². The highest BCUT2D eigenvalue weighted by Crippen LogP contribution is 2.37. The van der Waals surface area contributed by atoms with Crippen LogP contribution in [0.1, 0.15) is 23.7 Å². The van der Waals surface area contributed by atoms with E-state index in [0.29, 0.717) is 19.5 Å². The van der Waals surface area contributed by atoms with Crippen LogP contribution < -0.4 is 0 Å². The van der Waals surface area contributed by atoms with Gasteiger partial charge in [-0.15, -0.1) is 11.8 Å². The minimum absolute atomic E-state index is 0.00833. The predicted molar refractivity (Wildman–Crippen MR) is 98.4 cm³/mol. The first-order chi connectivity index (χ1) is 12.1. The van der Waals surface area contributed by atoms with E-state index in [9.17, 15) is 14.7 Å². The second-order valence-electron chi connectivity index (χ2n) is 6.18. The van der Waals surface area contributed by atoms with Crippen molar-refractivity contribution in [3.63, 3.8) is 0 Å². The largest absolute Gasteiger partial charge is 0.481 e. The van der Waals surface area contributed by atoms with E-state index in [1.165, 1.54) is 11.8 Å². The van der Waals surface area contributed by atoms with Crippen molar-refractivity contribution in [2.45, 2.75) is 23.0 Å². The van der Waals surface area contributed by atoms with Gasteiger partial charge in [0.15, 0.2) is 0 Å². The van der Waals surface area contributed by atoms with Crippen molar-refractivity contribution in [2.24, 2.45) is 5.92 Å². The Hall–Kier alpha value is -2.27. The topological polar surface area (TPSA) is 57.6 Å². The quantitative estimate of drug-likeness (QED) is 0.828. The lowest BCUT2D eigenvalue weighted by Gasteiger charge is -2.33. The molecule has 1 N–H and O–H groups in total. The van der Waals surface area contributed by atoms with Crippen LogP contribution in [0.3, 0.4) is 0 Å². The summed E-state index contributed by atoms with van der Waals surface area (Å²) in [7, 11) is 0. The van der Waals surface area contributed by atoms with Gasteiger partial charge in [-0.3, -0.25) is 9.59 Å². The minimum Gasteiger partial charge on any atom is -0.481 e. The van der Waals surface area contributed by atoms with Gasteiger partial charge >= 0.3 is 5.97 Å². The van der Waals surface area contributed by atoms with Gasteiger partial charge < -0.3 is 10.0 Å². The Labute approximate surface area is 151 Å². The number of benzene rings is 2. The molecule has 0 aliphatic carbocycles. The molecule has 0 aromatic heterocycles. The van der Waals surface area contributed by atoms with Crippen LogP contribution in [0.2, 0.25) is 0 Å². The first-order valence-electron chi connectivity index (χ1n) is 8.43. The second-order valence-corrected chi connectivity index (χ2v) is 7.36. The van der Waals surface area contributed by atoms with Gasteiger partial charge in [0.05, 0.1) is 5.92 Å². The van der Waals surface area contributed by atoms with E-state index in [0.717, 1.165) is 16.9 Å². The van der Waals surface area contributed by atoms with E-state index in [4.69, 9.17) is 0 Å². The van der Waals surface area contributed by atoms with Crippen LogP contribution in [0.15, 0.2) is 65.6 Å². The number of piperidine rings is 1. The van der Waals surface area contributed by atoms with Crippen LogP contribution in [-0.2, 0) is 9.59 Å². The van der Waals surface area contributed by atoms with Gasteiger partial charge in [0.2, 0.25) is 5.91 Å². The SMILES string of the molecule is O=C(O)C1CCCN(C(=O)C(Sc2ccccc2)c2ccccc2)C1. The Kier molecular flexibility index (Phi) is 5.76. The number of carboxylic acid groups (broad SMARTS) is 1. The number of hydrogen-bond donors (Lipinski definition) is 1. The fourth-order valence-corrected chi connectivity index (χ4v) is 4.20. The summed E-state index contributed by atoms with van der Waals surface area (Å²) in [6.07, 6.45) is 1.38. The Bertz CT molecular complexity index is 720. The van der Waals surface area contributed by atoms with Gasteiger partial charge in [-0.2, -0.15) is 0 Å². The fourth-order valence-electron chi connectivity index (χ4n) is 3.07. The lowest BCUT2D eigenvalue weighted by atomic mass is 9.97. The smallest absolute Gasteiger partial charge is 0.308 e. The molecule has 130 valence electrons. The Balaban J connectivity index is 1.83. The van der Waals surface area contributed by atoms with Crippen molar-refractivity contribution >= 4 is 23.6 Å². The Morgan fingerprint density at radius 1 is 1.04 bits per heavy atom. The van der Waals surface area contributed by atoms with Crippen LogP contribution in [-0.4, -0.2) is 35.0 Å². The molecule has 0 saturated carbocycles. The van der Waals surface area contributed by atoms with Crippen molar-refractivity contribution < 1.29 is 14.7 Å². The minimum atomic E-state index is -0.815. The van der Waals surface area contributed by atoms with E-state index in [1.807, 2.05) is 60.7 Å². The van der Waals surface area contributed by atoms with E-state index >= 15 is 0 Å². The Morgan fingerprint density at radius 3 is 2.32 bits per heavy atom. The number of nitrogens with zero attached hydrogens (tertiary/aromatic N) is 1. The summed E-state index contributed by atoms with van der Waals surface area (Å²) in [4.78, 5) is 27.2. The van der Waals surface area contributed by atoms with E-state index in [1.54, 1.807) is 4.90 Å². The fraction of sp³-hybridized carbons (Fsp3) is 0.300. The van der Waals surface area contributed by atoms with Crippen LogP contribution in [0.5, 0.6) is 0 Å². The first-order valence-corrected chi connectivity index (χ1v) is 9.31. The number of rotatable bonds is 5. The molecule has 1 fully saturated rings. The van der Waals surface area contributed by atoms with Gasteiger partial charge in [0.25, 0.3) is 0 Å². The van der Waals surface area contributed by atoms with Gasteiger partial charge in [-0.05, 0) is 30.5 Å². The average Bonchev–Trinajstić information content (AvgIpc) is 2.67. The number of hydrogen-bond acceptors (Lipinski definition) is 3. The molecule has 2 aromatic rings. The molecule has 4 nitrogen and oxygen atoms in total. The van der Waals surface area contributed by atoms with Crippen molar-refractivity contribution in [1.29, 1.82) is 0 Å². The highest BCUT2D eigenvalue weighted by molar-refractivity contribution is 8.00. The maximum atomic E-state index is 13.2. The molecule has 1 heterocycles. The third kappa shape index (κ3) is 4.42. The van der Waals surface area contributed by atoms with E-state index in [2.05, 4.69) is 0 Å². The predicted octanol–water partition coefficient (Wildman–Crippen LogP) is 3.84. The molecule has 1 aliphatic heterocycles. The number of thioether (sulfide) groups is 1. The summed E-state index contributed by atoms with van der Waals surface area (Å²) in [5.74, 6) is -1.29. The molecule has 1 amide bonds. The zero-order valence-electron chi connectivity index (χ0n) is 13.9. The van der Waals surface area contributed by atoms with Crippen LogP contribution >= 0.6 is 11.8 Å². The summed E-state index contributed by atoms with van der Waals surface area (Å²) in [6.45, 7) is 0.925. The number of aliphatic carboxylic acids is 1. The zero-order valence-corrected chi connectivity index (χ0v) is 14.7. The molecule has 1 aliphatic rings. The molecule has 25 heavy (non-hydrogen) atoms. The second kappa shape index (κ2) is 8.21. The molecule has 5 heteroatoms. The molecule has 1 saturated heterocycles. The molecule has 0 bridgehead atoms. The average molecular weight is 355 g/mol. The summed E-state index contributed by atoms with van der Waals surface area (Å²) in [5.41, 5.74) is 0.943. The molecule has 2 atom stereocenters. The van der Waals surface area contributed by atoms with Crippen molar-refractivity contribution in [2.75, 3.05) is 13.1 Å². The number of likely N-dealkylation sites (tertiary alicyclic amines) is 1. The molecular weight excluding hydrogens is 334 g/mol. The molecule has 0 radical (unpaired) electrons. The van der Waals surface area contributed by atoms with Crippen LogP contribution in [0, 0.1) is 5.92 Å². The zero-order chi connectivity index (χ0) is 17.6. The van der Waals surface area contributed by atoms with Crippen LogP contribution in [0.4, 0.5) is 0 Å². The van der Waals surface area contributed by atoms with Gasteiger partial charge in [0.1, 0.15) is 5.25 Å². The van der Waals surface area contributed by atoms with Crippen molar-refractivity contribution in [1.82, 2.24) is 4.90 Å². The lowest BCUT2D eigenvalue weighted by Crippen LogP contribution is -2.43. The van der Waals surface area contributed by atoms with Gasteiger partial charge in [0, 0.05) is 18.0 Å². The molecule has 0 spiro atoms. The molecule has 2 aromatic carbocycles. The summed E-state index contributed by atoms with van der Waals surface area (Å²) in [6, 6.07) is 19.5. The third-order valence-electron chi connectivity index (χ3n) is 4.41. The number of amides is 1. The lowest BCUT2D eigenvalue weighted by molar-refractivity contribution is -0.145. The standard InChI is InChI=1S/C20H21NO3S/c22-19(21-13-7-10-16(14-21)20(23)24)18(15-8-3-1-4-9-15)25-17-11-5-2-6-12-17/h1-6,8-9,11-12,16,18H,7,10,13-14H2,(H,23,24). The number of carbonyl (C=O) groups is 2. The van der Waals surface area contributed by atoms with Crippen LogP contribution in [0.25, 0.3) is 0 Å². The van der Waals surface area contributed by atoms with Crippen molar-refractivity contribution in [3.05, 3.63) is 66.2 Å². The third-order valence-corrected chi connectivity index (χ3v) is 5.66. The van der Waals surface area contributed by atoms with Gasteiger partial charge in [-0.25, -0.2) is 0 Å². The van der Waals surface area contributed by atoms with Crippen molar-refractivity contribution in [3.8, 4) is 0 Å². The normalized spacial score (nSPS) is 18.6. The summed E-state index contributed by atoms with van der Waals surface area (Å²) < 4.78 is 0. The highest BCUT2D eigenvalue weighted by atomic mass is 32.2. The van der Waals surface area contributed by atoms with E-state index < -0.39 is 11.9 Å². The Morgan fingerprint density at radius 2 is 1.68 bits per heavy atom. The number of carbonyl (C=O) groups excluding carboxylic acids is 1. The monoisotopic (exact) mass is 355 g/mol. The highest BCUT2D eigenvalue weighted by Gasteiger charge is 2.32. The summed E-state index contributed by atoms with van der Waals surface area (Å²) in [5, 5.41) is 8.92. The molecular formula is C20H21NO3S. The first kappa shape index (κ1) is 17.5. The molecule has 3 rings (SSSR count). The summed E-state index contributed by atoms with van der Waals surface area (Å²) >= 11 is 1.51. The maximum absolute atomic E-state index is 13.2.